The SMILES string of the molecule is Cc1cccc(Cc2nc(-c3ccc(NS(C)(=O)=O)cc3)cs2)c1. The Morgan fingerprint density at radius 1 is 1.12 bits per heavy atom. The highest BCUT2D eigenvalue weighted by Gasteiger charge is 2.07. The molecule has 24 heavy (non-hydrogen) atoms. The van der Waals surface area contributed by atoms with Crippen LogP contribution in [0.15, 0.2) is 53.9 Å². The molecule has 6 heteroatoms. The van der Waals surface area contributed by atoms with Gasteiger partial charge in [0.2, 0.25) is 10.0 Å². The van der Waals surface area contributed by atoms with Crippen LogP contribution in [-0.4, -0.2) is 19.7 Å². The molecule has 0 saturated carbocycles. The van der Waals surface area contributed by atoms with Gasteiger partial charge in [-0.15, -0.1) is 11.3 Å². The van der Waals surface area contributed by atoms with E-state index in [2.05, 4.69) is 40.9 Å². The van der Waals surface area contributed by atoms with Crippen molar-refractivity contribution in [2.75, 3.05) is 11.0 Å². The second-order valence-electron chi connectivity index (χ2n) is 5.74. The van der Waals surface area contributed by atoms with E-state index < -0.39 is 10.0 Å². The topological polar surface area (TPSA) is 59.1 Å². The Morgan fingerprint density at radius 2 is 1.88 bits per heavy atom. The van der Waals surface area contributed by atoms with E-state index >= 15 is 0 Å². The van der Waals surface area contributed by atoms with E-state index in [0.29, 0.717) is 5.69 Å². The summed E-state index contributed by atoms with van der Waals surface area (Å²) in [5, 5.41) is 3.10. The number of thiazole rings is 1. The molecule has 1 heterocycles. The van der Waals surface area contributed by atoms with Crippen LogP contribution < -0.4 is 4.72 Å². The first-order valence-corrected chi connectivity index (χ1v) is 10.2. The van der Waals surface area contributed by atoms with Crippen molar-refractivity contribution < 1.29 is 8.42 Å². The van der Waals surface area contributed by atoms with Gasteiger partial charge in [0.15, 0.2) is 0 Å². The van der Waals surface area contributed by atoms with Crippen molar-refractivity contribution in [3.8, 4) is 11.3 Å². The van der Waals surface area contributed by atoms with Crippen molar-refractivity contribution >= 4 is 27.0 Å². The Morgan fingerprint density at radius 3 is 2.54 bits per heavy atom. The number of hydrogen-bond acceptors (Lipinski definition) is 4. The summed E-state index contributed by atoms with van der Waals surface area (Å²) in [4.78, 5) is 4.69. The van der Waals surface area contributed by atoms with Crippen LogP contribution in [0.3, 0.4) is 0 Å². The Kier molecular flexibility index (Phi) is 4.69. The van der Waals surface area contributed by atoms with Crippen LogP contribution in [0.4, 0.5) is 5.69 Å². The van der Waals surface area contributed by atoms with Gasteiger partial charge in [0.25, 0.3) is 0 Å². The number of anilines is 1. The fraction of sp³-hybridized carbons (Fsp3) is 0.167. The third kappa shape index (κ3) is 4.43. The standard InChI is InChI=1S/C18H18N2O2S2/c1-13-4-3-5-14(10-13)11-18-19-17(12-23-18)15-6-8-16(9-7-15)20-24(2,21)22/h3-10,12,20H,11H2,1-2H3. The minimum Gasteiger partial charge on any atom is -0.284 e. The zero-order chi connectivity index (χ0) is 17.2. The Balaban J connectivity index is 1.75. The largest absolute Gasteiger partial charge is 0.284 e. The highest BCUT2D eigenvalue weighted by molar-refractivity contribution is 7.92. The Labute approximate surface area is 146 Å². The predicted octanol–water partition coefficient (Wildman–Crippen LogP) is 4.08. The van der Waals surface area contributed by atoms with Crippen LogP contribution in [0.5, 0.6) is 0 Å². The van der Waals surface area contributed by atoms with E-state index in [-0.39, 0.29) is 0 Å². The molecule has 3 rings (SSSR count). The summed E-state index contributed by atoms with van der Waals surface area (Å²) in [7, 11) is -3.25. The molecule has 0 fully saturated rings. The molecule has 1 aromatic heterocycles. The van der Waals surface area contributed by atoms with E-state index in [1.165, 1.54) is 11.1 Å². The summed E-state index contributed by atoms with van der Waals surface area (Å²) >= 11 is 1.64. The lowest BCUT2D eigenvalue weighted by Gasteiger charge is -2.04. The lowest BCUT2D eigenvalue weighted by atomic mass is 10.1. The van der Waals surface area contributed by atoms with E-state index in [1.54, 1.807) is 23.5 Å². The van der Waals surface area contributed by atoms with Crippen LogP contribution in [-0.2, 0) is 16.4 Å². The molecule has 0 saturated heterocycles. The lowest BCUT2D eigenvalue weighted by molar-refractivity contribution is 0.607. The molecule has 0 aliphatic heterocycles. The zero-order valence-electron chi connectivity index (χ0n) is 13.5. The molecular formula is C18H18N2O2S2. The number of nitrogens with zero attached hydrogens (tertiary/aromatic N) is 1. The molecule has 4 nitrogen and oxygen atoms in total. The number of hydrogen-bond donors (Lipinski definition) is 1. The molecule has 0 aliphatic rings. The van der Waals surface area contributed by atoms with Crippen LogP contribution in [0, 0.1) is 6.92 Å². The third-order valence-electron chi connectivity index (χ3n) is 3.47. The highest BCUT2D eigenvalue weighted by Crippen LogP contribution is 2.25. The molecule has 0 atom stereocenters. The summed E-state index contributed by atoms with van der Waals surface area (Å²) < 4.78 is 24.9. The minimum absolute atomic E-state index is 0.552. The smallest absolute Gasteiger partial charge is 0.229 e. The number of aromatic nitrogens is 1. The van der Waals surface area contributed by atoms with Crippen molar-refractivity contribution in [2.24, 2.45) is 0 Å². The van der Waals surface area contributed by atoms with Gasteiger partial charge in [-0.1, -0.05) is 42.0 Å². The fourth-order valence-electron chi connectivity index (χ4n) is 2.44. The van der Waals surface area contributed by atoms with Crippen LogP contribution in [0.1, 0.15) is 16.1 Å². The zero-order valence-corrected chi connectivity index (χ0v) is 15.1. The summed E-state index contributed by atoms with van der Waals surface area (Å²) in [5.74, 6) is 0. The second-order valence-corrected chi connectivity index (χ2v) is 8.44. The number of rotatable bonds is 5. The fourth-order valence-corrected chi connectivity index (χ4v) is 3.85. The normalized spacial score (nSPS) is 11.4. The summed E-state index contributed by atoms with van der Waals surface area (Å²) in [6.45, 7) is 2.09. The van der Waals surface area contributed by atoms with E-state index in [9.17, 15) is 8.42 Å². The van der Waals surface area contributed by atoms with Crippen molar-refractivity contribution in [3.05, 3.63) is 70.0 Å². The Bertz CT molecular complexity index is 945. The summed E-state index contributed by atoms with van der Waals surface area (Å²) in [6.07, 6.45) is 1.96. The number of sulfonamides is 1. The molecule has 0 aliphatic carbocycles. The summed E-state index contributed by atoms with van der Waals surface area (Å²) in [5.41, 5.74) is 4.94. The first kappa shape index (κ1) is 16.7. The average molecular weight is 358 g/mol. The van der Waals surface area contributed by atoms with Crippen molar-refractivity contribution in [2.45, 2.75) is 13.3 Å². The van der Waals surface area contributed by atoms with Crippen LogP contribution in [0.25, 0.3) is 11.3 Å². The first-order valence-electron chi connectivity index (χ1n) is 7.47. The monoisotopic (exact) mass is 358 g/mol. The van der Waals surface area contributed by atoms with Gasteiger partial charge < -0.3 is 0 Å². The number of nitrogens with one attached hydrogen (secondary N) is 1. The van der Waals surface area contributed by atoms with E-state index in [0.717, 1.165) is 28.9 Å². The quantitative estimate of drug-likeness (QED) is 0.747. The number of aryl methyl sites for hydroxylation is 1. The van der Waals surface area contributed by atoms with Gasteiger partial charge in [-0.05, 0) is 24.6 Å². The van der Waals surface area contributed by atoms with Crippen LogP contribution >= 0.6 is 11.3 Å². The highest BCUT2D eigenvalue weighted by atomic mass is 32.2. The van der Waals surface area contributed by atoms with Crippen molar-refractivity contribution in [1.29, 1.82) is 0 Å². The minimum atomic E-state index is -3.25. The molecule has 0 spiro atoms. The van der Waals surface area contributed by atoms with Gasteiger partial charge in [0.1, 0.15) is 0 Å². The van der Waals surface area contributed by atoms with E-state index in [4.69, 9.17) is 0 Å². The van der Waals surface area contributed by atoms with Gasteiger partial charge in [-0.25, -0.2) is 13.4 Å². The van der Waals surface area contributed by atoms with Gasteiger partial charge in [-0.2, -0.15) is 0 Å². The summed E-state index contributed by atoms with van der Waals surface area (Å²) in [6, 6.07) is 15.7. The maximum atomic E-state index is 11.2. The molecule has 3 aromatic rings. The van der Waals surface area contributed by atoms with Gasteiger partial charge in [-0.3, -0.25) is 4.72 Å². The maximum Gasteiger partial charge on any atom is 0.229 e. The Hall–Kier alpha value is -2.18. The van der Waals surface area contributed by atoms with Gasteiger partial charge in [0, 0.05) is 23.1 Å². The maximum absolute atomic E-state index is 11.2. The molecule has 2 aromatic carbocycles. The van der Waals surface area contributed by atoms with Crippen molar-refractivity contribution in [3.63, 3.8) is 0 Å². The van der Waals surface area contributed by atoms with Crippen molar-refractivity contribution in [1.82, 2.24) is 4.98 Å². The number of benzene rings is 2. The van der Waals surface area contributed by atoms with Gasteiger partial charge >= 0.3 is 0 Å². The molecule has 0 unspecified atom stereocenters. The molecule has 0 amide bonds. The molecule has 1 N–H and O–H groups in total. The molecular weight excluding hydrogens is 340 g/mol. The molecule has 0 bridgehead atoms. The van der Waals surface area contributed by atoms with Crippen LogP contribution in [0.2, 0.25) is 0 Å². The lowest BCUT2D eigenvalue weighted by Crippen LogP contribution is -2.09. The van der Waals surface area contributed by atoms with E-state index in [1.807, 2.05) is 17.5 Å². The average Bonchev–Trinajstić information content (AvgIpc) is 2.95. The van der Waals surface area contributed by atoms with Gasteiger partial charge in [0.05, 0.1) is 17.0 Å². The third-order valence-corrected chi connectivity index (χ3v) is 4.93. The molecule has 124 valence electrons. The molecule has 0 radical (unpaired) electrons. The first-order chi connectivity index (χ1) is 11.4. The predicted molar refractivity (Wildman–Crippen MR) is 100 cm³/mol. The second kappa shape index (κ2) is 6.75.